The second-order valence-corrected chi connectivity index (χ2v) is 5.03. The normalized spacial score (nSPS) is 13.7. The number of halogens is 2. The zero-order chi connectivity index (χ0) is 15.9. The molecule has 4 nitrogen and oxygen atoms in total. The van der Waals surface area contributed by atoms with Crippen molar-refractivity contribution in [2.45, 2.75) is 0 Å². The SMILES string of the molecule is COC1=CC(=O)c2nc(-c3ccc(Cl)c(F)c3)ccc2C1=O. The maximum Gasteiger partial charge on any atom is 0.229 e. The molecule has 1 aromatic heterocycles. The van der Waals surface area contributed by atoms with Crippen LogP contribution in [0.25, 0.3) is 11.3 Å². The van der Waals surface area contributed by atoms with Crippen molar-refractivity contribution in [2.75, 3.05) is 7.11 Å². The van der Waals surface area contributed by atoms with E-state index in [-0.39, 0.29) is 22.0 Å². The first-order valence-corrected chi connectivity index (χ1v) is 6.70. The predicted molar refractivity (Wildman–Crippen MR) is 78.4 cm³/mol. The van der Waals surface area contributed by atoms with Gasteiger partial charge in [0.15, 0.2) is 5.76 Å². The maximum absolute atomic E-state index is 13.5. The van der Waals surface area contributed by atoms with Crippen LogP contribution in [0.3, 0.4) is 0 Å². The maximum atomic E-state index is 13.5. The Kier molecular flexibility index (Phi) is 3.50. The summed E-state index contributed by atoms with van der Waals surface area (Å²) in [4.78, 5) is 28.3. The van der Waals surface area contributed by atoms with Crippen LogP contribution in [0.2, 0.25) is 5.02 Å². The third kappa shape index (κ3) is 2.29. The molecule has 0 N–H and O–H groups in total. The van der Waals surface area contributed by atoms with Crippen molar-refractivity contribution < 1.29 is 18.7 Å². The number of aromatic nitrogens is 1. The van der Waals surface area contributed by atoms with Crippen LogP contribution in [0.5, 0.6) is 0 Å². The summed E-state index contributed by atoms with van der Waals surface area (Å²) in [5, 5.41) is 0.000587. The highest BCUT2D eigenvalue weighted by molar-refractivity contribution is 6.30. The minimum Gasteiger partial charge on any atom is -0.492 e. The highest BCUT2D eigenvalue weighted by Gasteiger charge is 2.28. The van der Waals surface area contributed by atoms with Gasteiger partial charge >= 0.3 is 0 Å². The van der Waals surface area contributed by atoms with Crippen LogP contribution in [0.1, 0.15) is 20.8 Å². The Labute approximate surface area is 130 Å². The molecule has 1 aromatic carbocycles. The fourth-order valence-corrected chi connectivity index (χ4v) is 2.30. The van der Waals surface area contributed by atoms with Gasteiger partial charge < -0.3 is 4.74 Å². The van der Waals surface area contributed by atoms with E-state index in [9.17, 15) is 14.0 Å². The Morgan fingerprint density at radius 3 is 2.64 bits per heavy atom. The van der Waals surface area contributed by atoms with E-state index in [4.69, 9.17) is 16.3 Å². The number of carbonyl (C=O) groups is 2. The van der Waals surface area contributed by atoms with Gasteiger partial charge in [-0.2, -0.15) is 0 Å². The van der Waals surface area contributed by atoms with E-state index < -0.39 is 17.4 Å². The smallest absolute Gasteiger partial charge is 0.229 e. The van der Waals surface area contributed by atoms with E-state index in [1.54, 1.807) is 12.1 Å². The van der Waals surface area contributed by atoms with Crippen molar-refractivity contribution in [1.29, 1.82) is 0 Å². The Balaban J connectivity index is 2.10. The van der Waals surface area contributed by atoms with Crippen LogP contribution >= 0.6 is 11.6 Å². The summed E-state index contributed by atoms with van der Waals surface area (Å²) < 4.78 is 18.4. The van der Waals surface area contributed by atoms with Crippen molar-refractivity contribution >= 4 is 23.2 Å². The molecule has 110 valence electrons. The van der Waals surface area contributed by atoms with Gasteiger partial charge in [0.05, 0.1) is 23.4 Å². The molecular formula is C16H9ClFNO3. The lowest BCUT2D eigenvalue weighted by Gasteiger charge is -2.14. The molecule has 0 amide bonds. The standard InChI is InChI=1S/C16H9ClFNO3/c1-22-14-7-13(20)15-9(16(14)21)3-5-12(19-15)8-2-4-10(17)11(18)6-8/h2-7H,1H3. The van der Waals surface area contributed by atoms with Gasteiger partial charge in [0, 0.05) is 11.6 Å². The second kappa shape index (κ2) is 5.35. The largest absolute Gasteiger partial charge is 0.492 e. The van der Waals surface area contributed by atoms with Crippen molar-refractivity contribution in [2.24, 2.45) is 0 Å². The third-order valence-corrected chi connectivity index (χ3v) is 3.60. The molecule has 0 atom stereocenters. The van der Waals surface area contributed by atoms with Gasteiger partial charge in [-0.05, 0) is 24.3 Å². The van der Waals surface area contributed by atoms with Gasteiger partial charge in [-0.25, -0.2) is 9.37 Å². The van der Waals surface area contributed by atoms with Crippen LogP contribution < -0.4 is 0 Å². The van der Waals surface area contributed by atoms with Crippen molar-refractivity contribution in [3.05, 3.63) is 64.3 Å². The zero-order valence-corrected chi connectivity index (χ0v) is 12.1. The summed E-state index contributed by atoms with van der Waals surface area (Å²) in [7, 11) is 1.32. The van der Waals surface area contributed by atoms with Crippen molar-refractivity contribution in [3.8, 4) is 11.3 Å². The molecule has 6 heteroatoms. The van der Waals surface area contributed by atoms with Gasteiger partial charge in [0.2, 0.25) is 11.6 Å². The molecular weight excluding hydrogens is 309 g/mol. The van der Waals surface area contributed by atoms with Gasteiger partial charge in [-0.3, -0.25) is 9.59 Å². The second-order valence-electron chi connectivity index (χ2n) is 4.63. The van der Waals surface area contributed by atoms with E-state index in [0.717, 1.165) is 6.08 Å². The van der Waals surface area contributed by atoms with Crippen LogP contribution in [0.4, 0.5) is 4.39 Å². The summed E-state index contributed by atoms with van der Waals surface area (Å²) in [6.45, 7) is 0. The molecule has 2 aromatic rings. The summed E-state index contributed by atoms with van der Waals surface area (Å²) in [6.07, 6.45) is 1.10. The lowest BCUT2D eigenvalue weighted by atomic mass is 9.97. The molecule has 3 rings (SSSR count). The van der Waals surface area contributed by atoms with E-state index in [2.05, 4.69) is 4.98 Å². The fraction of sp³-hybridized carbons (Fsp3) is 0.0625. The van der Waals surface area contributed by atoms with E-state index >= 15 is 0 Å². The predicted octanol–water partition coefficient (Wildman–Crippen LogP) is 3.45. The zero-order valence-electron chi connectivity index (χ0n) is 11.4. The summed E-state index contributed by atoms with van der Waals surface area (Å²) >= 11 is 5.64. The van der Waals surface area contributed by atoms with Gasteiger partial charge in [-0.15, -0.1) is 0 Å². The fourth-order valence-electron chi connectivity index (χ4n) is 2.18. The van der Waals surface area contributed by atoms with E-state index in [1.165, 1.54) is 25.3 Å². The number of carbonyl (C=O) groups excluding carboxylic acids is 2. The molecule has 0 unspecified atom stereocenters. The Morgan fingerprint density at radius 1 is 1.18 bits per heavy atom. The molecule has 0 spiro atoms. The Hall–Kier alpha value is -2.53. The number of nitrogens with zero attached hydrogens (tertiary/aromatic N) is 1. The number of Topliss-reactive ketones (excluding diaryl/α,β-unsaturated/α-hetero) is 1. The number of ketones is 2. The molecule has 0 radical (unpaired) electrons. The number of rotatable bonds is 2. The number of allylic oxidation sites excluding steroid dienone is 2. The quantitative estimate of drug-likeness (QED) is 0.851. The van der Waals surface area contributed by atoms with Crippen LogP contribution in [0, 0.1) is 5.82 Å². The van der Waals surface area contributed by atoms with Crippen LogP contribution in [0.15, 0.2) is 42.2 Å². The number of methoxy groups -OCH3 is 1. The first-order valence-electron chi connectivity index (χ1n) is 6.32. The summed E-state index contributed by atoms with van der Waals surface area (Å²) in [6, 6.07) is 7.25. The first-order chi connectivity index (χ1) is 10.5. The molecule has 1 aliphatic rings. The minimum absolute atomic E-state index is 0.000587. The Bertz CT molecular complexity index is 845. The molecule has 0 saturated heterocycles. The van der Waals surface area contributed by atoms with Gasteiger partial charge in [0.25, 0.3) is 0 Å². The molecule has 0 aliphatic heterocycles. The number of ether oxygens (including phenoxy) is 1. The van der Waals surface area contributed by atoms with Crippen molar-refractivity contribution in [3.63, 3.8) is 0 Å². The number of hydrogen-bond donors (Lipinski definition) is 0. The molecule has 0 saturated carbocycles. The van der Waals surface area contributed by atoms with E-state index in [0.29, 0.717) is 11.3 Å². The Morgan fingerprint density at radius 2 is 1.95 bits per heavy atom. The average Bonchev–Trinajstić information content (AvgIpc) is 2.53. The average molecular weight is 318 g/mol. The van der Waals surface area contributed by atoms with Crippen LogP contribution in [-0.4, -0.2) is 23.7 Å². The molecule has 22 heavy (non-hydrogen) atoms. The first kappa shape index (κ1) is 14.4. The number of hydrogen-bond acceptors (Lipinski definition) is 4. The molecule has 0 fully saturated rings. The van der Waals surface area contributed by atoms with Crippen molar-refractivity contribution in [1.82, 2.24) is 4.98 Å². The van der Waals surface area contributed by atoms with E-state index in [1.807, 2.05) is 0 Å². The van der Waals surface area contributed by atoms with Crippen LogP contribution in [-0.2, 0) is 4.74 Å². The van der Waals surface area contributed by atoms with Gasteiger partial charge in [-0.1, -0.05) is 17.7 Å². The number of pyridine rings is 1. The minimum atomic E-state index is -0.581. The highest BCUT2D eigenvalue weighted by atomic mass is 35.5. The topological polar surface area (TPSA) is 56.3 Å². The molecule has 1 heterocycles. The molecule has 0 bridgehead atoms. The lowest BCUT2D eigenvalue weighted by molar-refractivity contribution is 0.0914. The lowest BCUT2D eigenvalue weighted by Crippen LogP contribution is -2.19. The van der Waals surface area contributed by atoms with Gasteiger partial charge in [0.1, 0.15) is 11.5 Å². The third-order valence-electron chi connectivity index (χ3n) is 3.29. The number of fused-ring (bicyclic) bond motifs is 1. The highest BCUT2D eigenvalue weighted by Crippen LogP contribution is 2.26. The summed E-state index contributed by atoms with van der Waals surface area (Å²) in [5.41, 5.74) is 1.04. The summed E-state index contributed by atoms with van der Waals surface area (Å²) in [5.74, 6) is -1.44. The molecule has 1 aliphatic carbocycles. The monoisotopic (exact) mass is 317 g/mol. The number of benzene rings is 1.